The lowest BCUT2D eigenvalue weighted by Gasteiger charge is -2.29. The minimum Gasteiger partial charge on any atom is -0.458 e. The van der Waals surface area contributed by atoms with Gasteiger partial charge < -0.3 is 4.74 Å². The zero-order valence-electron chi connectivity index (χ0n) is 38.4. The first-order valence-electron chi connectivity index (χ1n) is 22.1. The Morgan fingerprint density at radius 3 is 1.81 bits per heavy atom. The Hall–Kier alpha value is -6.72. The number of aromatic nitrogens is 4. The molecule has 0 radical (unpaired) electrons. The summed E-state index contributed by atoms with van der Waals surface area (Å²) in [6.07, 6.45) is 8.00. The molecule has 0 aliphatic heterocycles. The summed E-state index contributed by atoms with van der Waals surface area (Å²) in [5.41, 5.74) is 10.6. The van der Waals surface area contributed by atoms with Crippen molar-refractivity contribution in [2.24, 2.45) is 0 Å². The second-order valence-corrected chi connectivity index (χ2v) is 20.1. The van der Waals surface area contributed by atoms with E-state index in [0.29, 0.717) is 0 Å². The zero-order valence-corrected chi connectivity index (χ0v) is 38.4. The smallest absolute Gasteiger partial charge is 0.269 e. The van der Waals surface area contributed by atoms with Gasteiger partial charge in [-0.15, -0.1) is 0 Å². The lowest BCUT2D eigenvalue weighted by atomic mass is 9.78. The molecule has 0 atom stereocenters. The van der Waals surface area contributed by atoms with Crippen LogP contribution in [0, 0.1) is 6.33 Å². The number of imidazole rings is 1. The van der Waals surface area contributed by atoms with E-state index in [-0.39, 0.29) is 21.7 Å². The highest BCUT2D eigenvalue weighted by Gasteiger charge is 2.31. The highest BCUT2D eigenvalue weighted by atomic mass is 16.5. The molecule has 0 N–H and O–H groups in total. The van der Waals surface area contributed by atoms with Gasteiger partial charge in [-0.2, -0.15) is 0 Å². The third kappa shape index (κ3) is 7.86. The molecule has 5 heteroatoms. The van der Waals surface area contributed by atoms with E-state index in [1.165, 1.54) is 27.6 Å². The minimum atomic E-state index is -0.382. The molecule has 9 rings (SSSR count). The number of hydrogen-bond acceptors (Lipinski definition) is 2. The van der Waals surface area contributed by atoms with E-state index in [1.807, 2.05) is 6.20 Å². The van der Waals surface area contributed by atoms with Crippen molar-refractivity contribution in [3.63, 3.8) is 0 Å². The molecule has 9 aromatic rings. The van der Waals surface area contributed by atoms with Crippen molar-refractivity contribution in [3.05, 3.63) is 210 Å². The summed E-state index contributed by atoms with van der Waals surface area (Å²) in [6.45, 7) is 22.7. The summed E-state index contributed by atoms with van der Waals surface area (Å²) < 4.78 is 13.7. The van der Waals surface area contributed by atoms with Gasteiger partial charge in [0.05, 0.1) is 28.1 Å². The molecule has 316 valence electrons. The summed E-state index contributed by atoms with van der Waals surface area (Å²) in [5, 5.41) is 2.32. The van der Waals surface area contributed by atoms with Gasteiger partial charge in [0, 0.05) is 40.1 Å². The molecule has 0 spiro atoms. The average Bonchev–Trinajstić information content (AvgIpc) is 3.87. The molecule has 63 heavy (non-hydrogen) atoms. The lowest BCUT2D eigenvalue weighted by Crippen LogP contribution is -2.29. The number of pyridine rings is 1. The van der Waals surface area contributed by atoms with Crippen LogP contribution in [0.2, 0.25) is 0 Å². The molecule has 0 aliphatic carbocycles. The van der Waals surface area contributed by atoms with Crippen LogP contribution in [0.1, 0.15) is 103 Å². The van der Waals surface area contributed by atoms with E-state index in [4.69, 9.17) is 9.72 Å². The highest BCUT2D eigenvalue weighted by molar-refractivity contribution is 6.09. The standard InChI is InChI=1S/C58H58N4O/c1-55(2,3)42-24-19-25-45(32-42)60-38-53(58(9,10)41-22-15-12-16-23-41)61(39-60)46-33-44(57(7,8)40-20-13-11-14-21-40)34-48(36-46)63-47-28-29-50-49-26-17-18-27-51(49)62(52(50)37-47)54-35-43(30-31-59-54)56(4,5)6/h11-38H,1-10H3. The molecule has 3 aromatic heterocycles. The van der Waals surface area contributed by atoms with Crippen LogP contribution in [-0.4, -0.2) is 14.1 Å². The number of para-hydroxylation sites is 1. The lowest BCUT2D eigenvalue weighted by molar-refractivity contribution is -0.599. The Morgan fingerprint density at radius 2 is 1.11 bits per heavy atom. The van der Waals surface area contributed by atoms with Crippen LogP contribution in [0.15, 0.2) is 170 Å². The predicted octanol–water partition coefficient (Wildman–Crippen LogP) is 14.1. The number of nitrogens with zero attached hydrogens (tertiary/aromatic N) is 4. The number of ether oxygens (including phenoxy) is 1. The Labute approximate surface area is 373 Å². The monoisotopic (exact) mass is 826 g/mol. The van der Waals surface area contributed by atoms with E-state index in [1.54, 1.807) is 0 Å². The van der Waals surface area contributed by atoms with Gasteiger partial charge in [-0.25, -0.2) is 4.98 Å². The summed E-state index contributed by atoms with van der Waals surface area (Å²) in [7, 11) is 0. The van der Waals surface area contributed by atoms with Crippen molar-refractivity contribution < 1.29 is 9.30 Å². The average molecular weight is 827 g/mol. The molecule has 0 amide bonds. The largest absolute Gasteiger partial charge is 0.458 e. The van der Waals surface area contributed by atoms with Crippen molar-refractivity contribution >= 4 is 21.8 Å². The Morgan fingerprint density at radius 1 is 0.492 bits per heavy atom. The fraction of sp³-hybridized carbons (Fsp3) is 0.241. The quantitative estimate of drug-likeness (QED) is 0.107. The molecule has 6 aromatic carbocycles. The minimum absolute atomic E-state index is 0.000774. The second-order valence-electron chi connectivity index (χ2n) is 20.1. The first-order chi connectivity index (χ1) is 30.0. The predicted molar refractivity (Wildman–Crippen MR) is 259 cm³/mol. The molecular formula is C58H58N4O. The first kappa shape index (κ1) is 41.6. The number of hydrogen-bond donors (Lipinski definition) is 0. The van der Waals surface area contributed by atoms with Crippen LogP contribution in [0.3, 0.4) is 0 Å². The van der Waals surface area contributed by atoms with Gasteiger partial charge in [-0.1, -0.05) is 160 Å². The van der Waals surface area contributed by atoms with Crippen LogP contribution in [0.5, 0.6) is 11.5 Å². The molecule has 0 unspecified atom stereocenters. The molecule has 3 heterocycles. The van der Waals surface area contributed by atoms with Gasteiger partial charge in [-0.05, 0) is 99.3 Å². The number of rotatable bonds is 9. The summed E-state index contributed by atoms with van der Waals surface area (Å²) in [4.78, 5) is 4.93. The molecular weight excluding hydrogens is 769 g/mol. The third-order valence-corrected chi connectivity index (χ3v) is 12.9. The third-order valence-electron chi connectivity index (χ3n) is 12.9. The molecule has 0 bridgehead atoms. The van der Waals surface area contributed by atoms with Gasteiger partial charge in [0.25, 0.3) is 6.33 Å². The van der Waals surface area contributed by atoms with Crippen molar-refractivity contribution in [3.8, 4) is 28.7 Å². The van der Waals surface area contributed by atoms with Crippen LogP contribution in [-0.2, 0) is 21.7 Å². The maximum atomic E-state index is 7.07. The van der Waals surface area contributed by atoms with Gasteiger partial charge in [0.15, 0.2) is 0 Å². The van der Waals surface area contributed by atoms with E-state index in [9.17, 15) is 0 Å². The normalized spacial score (nSPS) is 12.6. The summed E-state index contributed by atoms with van der Waals surface area (Å²) in [5.74, 6) is 2.38. The summed E-state index contributed by atoms with van der Waals surface area (Å²) >= 11 is 0. The fourth-order valence-electron chi connectivity index (χ4n) is 8.82. The topological polar surface area (TPSA) is 35.9 Å². The van der Waals surface area contributed by atoms with Crippen LogP contribution in [0.4, 0.5) is 0 Å². The van der Waals surface area contributed by atoms with Crippen molar-refractivity contribution in [1.82, 2.24) is 14.1 Å². The van der Waals surface area contributed by atoms with Crippen LogP contribution < -0.4 is 9.30 Å². The van der Waals surface area contributed by atoms with Crippen LogP contribution >= 0.6 is 0 Å². The molecule has 0 aliphatic rings. The molecule has 5 nitrogen and oxygen atoms in total. The molecule has 0 saturated heterocycles. The van der Waals surface area contributed by atoms with Crippen molar-refractivity contribution in [2.45, 2.75) is 90.9 Å². The van der Waals surface area contributed by atoms with Gasteiger partial charge in [-0.3, -0.25) is 13.7 Å². The van der Waals surface area contributed by atoms with Gasteiger partial charge >= 0.3 is 0 Å². The van der Waals surface area contributed by atoms with E-state index in [2.05, 4.69) is 253 Å². The molecule has 0 saturated carbocycles. The Bertz CT molecular complexity index is 3100. The van der Waals surface area contributed by atoms with E-state index >= 15 is 0 Å². The maximum absolute atomic E-state index is 7.07. The zero-order chi connectivity index (χ0) is 44.3. The highest BCUT2D eigenvalue weighted by Crippen LogP contribution is 2.40. The maximum Gasteiger partial charge on any atom is 0.269 e. The Balaban J connectivity index is 1.24. The van der Waals surface area contributed by atoms with E-state index in [0.717, 1.165) is 56.4 Å². The first-order valence-corrected chi connectivity index (χ1v) is 22.1. The van der Waals surface area contributed by atoms with Crippen LogP contribution in [0.25, 0.3) is 39.0 Å². The summed E-state index contributed by atoms with van der Waals surface area (Å²) in [6, 6.07) is 56.4. The van der Waals surface area contributed by atoms with Crippen molar-refractivity contribution in [2.75, 3.05) is 0 Å². The number of benzene rings is 6. The SMILES string of the molecule is CC(C)(C)c1cccc(-[n+]2[c-]n(-c3cc(Oc4ccc5c6ccccc6n(-c6cc(C(C)(C)C)ccn6)c5c4)cc(C(C)(C)c4ccccc4)c3)c(C(C)(C)c3ccccc3)c2)c1. The van der Waals surface area contributed by atoms with Crippen molar-refractivity contribution in [1.29, 1.82) is 0 Å². The van der Waals surface area contributed by atoms with Gasteiger partial charge in [0.1, 0.15) is 17.3 Å². The Kier molecular flexibility index (Phi) is 10.3. The van der Waals surface area contributed by atoms with Gasteiger partial charge in [0.2, 0.25) is 0 Å². The fourth-order valence-corrected chi connectivity index (χ4v) is 8.82. The van der Waals surface area contributed by atoms with E-state index < -0.39 is 0 Å². The second kappa shape index (κ2) is 15.6. The number of fused-ring (bicyclic) bond motifs is 3. The molecule has 0 fully saturated rings.